The molecule has 3 aliphatic rings. The Hall–Kier alpha value is -4.09. The monoisotopic (exact) mass is 636 g/mol. The highest BCUT2D eigenvalue weighted by atomic mass is 16.7. The van der Waals surface area contributed by atoms with Gasteiger partial charge in [-0.05, 0) is 65.4 Å². The quantitative estimate of drug-likeness (QED) is 0.363. The molecule has 0 unspecified atom stereocenters. The van der Waals surface area contributed by atoms with E-state index in [1.807, 2.05) is 26.1 Å². The number of carbonyl (C=O) groups is 3. The number of esters is 1. The molecule has 0 bridgehead atoms. The standard InChI is InChI=1S/C35H44N2O9/c1-8-37(6)25-20-22-14-15-23(42-7)29-27(22)34(5)30(44-29)24(16-18-35(25,34)41)43-26(38)17-19-36-31(39)28(21-12-10-9-11-13-21)45-32(40)46-33(2,3)4/h9-16,25,28,30,41H,8,17-20H2,1-7H3,(H,36,39)/t25-,28-,30+,34+,35-/m1/s1. The second-order valence-electron chi connectivity index (χ2n) is 13.2. The molecular formula is C35H44N2O9. The first-order valence-electron chi connectivity index (χ1n) is 15.7. The molecule has 1 heterocycles. The third kappa shape index (κ3) is 5.93. The summed E-state index contributed by atoms with van der Waals surface area (Å²) in [6, 6.07) is 12.3. The number of aliphatic hydroxyl groups is 1. The summed E-state index contributed by atoms with van der Waals surface area (Å²) in [4.78, 5) is 40.8. The van der Waals surface area contributed by atoms with Gasteiger partial charge in [-0.2, -0.15) is 0 Å². The molecule has 11 nitrogen and oxygen atoms in total. The maximum atomic E-state index is 13.1. The predicted octanol–water partition coefficient (Wildman–Crippen LogP) is 4.35. The van der Waals surface area contributed by atoms with E-state index >= 15 is 0 Å². The van der Waals surface area contributed by atoms with Crippen molar-refractivity contribution in [2.24, 2.45) is 0 Å². The minimum absolute atomic E-state index is 0.0692. The van der Waals surface area contributed by atoms with Crippen LogP contribution < -0.4 is 14.8 Å². The number of methoxy groups -OCH3 is 1. The van der Waals surface area contributed by atoms with Gasteiger partial charge in [-0.1, -0.05) is 43.3 Å². The Morgan fingerprint density at radius 2 is 1.87 bits per heavy atom. The normalized spacial score (nSPS) is 25.0. The number of hydrogen-bond acceptors (Lipinski definition) is 10. The summed E-state index contributed by atoms with van der Waals surface area (Å²) in [5.74, 6) is 0.213. The second-order valence-corrected chi connectivity index (χ2v) is 13.2. The zero-order valence-electron chi connectivity index (χ0n) is 27.5. The van der Waals surface area contributed by atoms with Gasteiger partial charge in [0.05, 0.1) is 24.5 Å². The van der Waals surface area contributed by atoms with Crippen LogP contribution in [0.3, 0.4) is 0 Å². The number of amides is 1. The van der Waals surface area contributed by atoms with Gasteiger partial charge < -0.3 is 39.0 Å². The van der Waals surface area contributed by atoms with Crippen LogP contribution in [0.25, 0.3) is 0 Å². The van der Waals surface area contributed by atoms with E-state index in [-0.39, 0.29) is 25.4 Å². The largest absolute Gasteiger partial charge is 0.509 e. The molecule has 248 valence electrons. The summed E-state index contributed by atoms with van der Waals surface area (Å²) in [5, 5.41) is 15.1. The van der Waals surface area contributed by atoms with Crippen molar-refractivity contribution < 1.29 is 43.2 Å². The number of carbonyl (C=O) groups excluding carboxylic acids is 3. The van der Waals surface area contributed by atoms with Crippen molar-refractivity contribution in [3.8, 4) is 11.5 Å². The van der Waals surface area contributed by atoms with Gasteiger partial charge >= 0.3 is 12.1 Å². The van der Waals surface area contributed by atoms with Crippen LogP contribution in [0, 0.1) is 0 Å². The van der Waals surface area contributed by atoms with E-state index < -0.39 is 46.9 Å². The van der Waals surface area contributed by atoms with Crippen LogP contribution in [0.4, 0.5) is 4.79 Å². The second kappa shape index (κ2) is 12.6. The van der Waals surface area contributed by atoms with E-state index in [1.165, 1.54) is 0 Å². The summed E-state index contributed by atoms with van der Waals surface area (Å²) < 4.78 is 28.6. The minimum atomic E-state index is -1.28. The fourth-order valence-electron chi connectivity index (χ4n) is 6.88. The Labute approximate surface area is 269 Å². The summed E-state index contributed by atoms with van der Waals surface area (Å²) in [6.07, 6.45) is -0.553. The van der Waals surface area contributed by atoms with E-state index in [0.29, 0.717) is 29.2 Å². The predicted molar refractivity (Wildman–Crippen MR) is 168 cm³/mol. The van der Waals surface area contributed by atoms with Crippen LogP contribution in [-0.2, 0) is 35.6 Å². The Balaban J connectivity index is 1.29. The fraction of sp³-hybridized carbons (Fsp3) is 0.514. The van der Waals surface area contributed by atoms with Crippen molar-refractivity contribution in [2.75, 3.05) is 27.2 Å². The van der Waals surface area contributed by atoms with Crippen LogP contribution in [0.1, 0.15) is 70.3 Å². The van der Waals surface area contributed by atoms with E-state index in [2.05, 4.69) is 17.1 Å². The molecule has 0 aromatic heterocycles. The lowest BCUT2D eigenvalue weighted by Crippen LogP contribution is -2.69. The summed E-state index contributed by atoms with van der Waals surface area (Å²) >= 11 is 0. The van der Waals surface area contributed by atoms with Crippen LogP contribution in [0.15, 0.2) is 54.3 Å². The van der Waals surface area contributed by atoms with Crippen molar-refractivity contribution >= 4 is 18.0 Å². The van der Waals surface area contributed by atoms with Gasteiger partial charge in [0.1, 0.15) is 11.4 Å². The molecule has 2 aromatic carbocycles. The maximum Gasteiger partial charge on any atom is 0.509 e. The summed E-state index contributed by atoms with van der Waals surface area (Å²) in [5.41, 5.74) is -0.524. The lowest BCUT2D eigenvalue weighted by Gasteiger charge is -2.56. The van der Waals surface area contributed by atoms with Gasteiger partial charge in [0.2, 0.25) is 6.10 Å². The van der Waals surface area contributed by atoms with Crippen LogP contribution in [0.5, 0.6) is 11.5 Å². The zero-order valence-corrected chi connectivity index (χ0v) is 27.5. The van der Waals surface area contributed by atoms with E-state index in [1.54, 1.807) is 64.3 Å². The Bertz CT molecular complexity index is 1520. The molecule has 1 aliphatic heterocycles. The number of benzene rings is 2. The van der Waals surface area contributed by atoms with Gasteiger partial charge in [0, 0.05) is 30.1 Å². The number of nitrogens with one attached hydrogen (secondary N) is 1. The summed E-state index contributed by atoms with van der Waals surface area (Å²) in [6.45, 7) is 9.79. The van der Waals surface area contributed by atoms with Gasteiger partial charge in [0.15, 0.2) is 17.6 Å². The highest BCUT2D eigenvalue weighted by molar-refractivity contribution is 5.84. The van der Waals surface area contributed by atoms with Crippen molar-refractivity contribution in [3.05, 3.63) is 71.0 Å². The van der Waals surface area contributed by atoms with E-state index in [4.69, 9.17) is 23.7 Å². The number of ether oxygens (including phenoxy) is 5. The minimum Gasteiger partial charge on any atom is -0.493 e. The van der Waals surface area contributed by atoms with E-state index in [9.17, 15) is 19.5 Å². The molecule has 2 aliphatic carbocycles. The molecule has 2 aromatic rings. The summed E-state index contributed by atoms with van der Waals surface area (Å²) in [7, 11) is 3.57. The van der Waals surface area contributed by atoms with Crippen LogP contribution >= 0.6 is 0 Å². The average molecular weight is 637 g/mol. The molecule has 1 amide bonds. The van der Waals surface area contributed by atoms with Crippen molar-refractivity contribution in [3.63, 3.8) is 0 Å². The first-order chi connectivity index (χ1) is 21.7. The molecule has 0 spiro atoms. The first-order valence-corrected chi connectivity index (χ1v) is 15.7. The van der Waals surface area contributed by atoms with Crippen LogP contribution in [-0.4, -0.2) is 78.6 Å². The number of hydrogen-bond donors (Lipinski definition) is 2. The topological polar surface area (TPSA) is 133 Å². The molecule has 0 radical (unpaired) electrons. The Morgan fingerprint density at radius 3 is 2.52 bits per heavy atom. The Morgan fingerprint density at radius 1 is 1.15 bits per heavy atom. The first kappa shape index (κ1) is 33.3. The van der Waals surface area contributed by atoms with Gasteiger partial charge in [-0.15, -0.1) is 0 Å². The van der Waals surface area contributed by atoms with Gasteiger partial charge in [-0.3, -0.25) is 9.59 Å². The molecule has 5 atom stereocenters. The molecule has 0 saturated carbocycles. The van der Waals surface area contributed by atoms with Crippen molar-refractivity contribution in [1.29, 1.82) is 0 Å². The highest BCUT2D eigenvalue weighted by Crippen LogP contribution is 2.62. The SMILES string of the molecule is CCN(C)[C@@H]1Cc2ccc(OC)c3c2[C@@]2(C)[C@@H](O3)C(OC(=O)CCNC(=O)[C@H](OC(=O)OC(C)(C)C)c3ccccc3)=CC[C@@]12O. The Kier molecular flexibility index (Phi) is 9.12. The number of nitrogens with zero attached hydrogens (tertiary/aromatic N) is 1. The zero-order chi connectivity index (χ0) is 33.4. The van der Waals surface area contributed by atoms with Crippen molar-refractivity contribution in [1.82, 2.24) is 10.2 Å². The van der Waals surface area contributed by atoms with Crippen LogP contribution in [0.2, 0.25) is 0 Å². The third-order valence-electron chi connectivity index (χ3n) is 9.28. The average Bonchev–Trinajstić information content (AvgIpc) is 3.34. The number of likely N-dealkylation sites (N-methyl/N-ethyl adjacent to an activating group) is 1. The molecule has 46 heavy (non-hydrogen) atoms. The van der Waals surface area contributed by atoms with Crippen molar-refractivity contribution in [2.45, 2.75) is 88.7 Å². The molecular weight excluding hydrogens is 592 g/mol. The fourth-order valence-corrected chi connectivity index (χ4v) is 6.88. The highest BCUT2D eigenvalue weighted by Gasteiger charge is 2.68. The smallest absolute Gasteiger partial charge is 0.493 e. The van der Waals surface area contributed by atoms with Gasteiger partial charge in [0.25, 0.3) is 5.91 Å². The lowest BCUT2D eigenvalue weighted by atomic mass is 9.54. The van der Waals surface area contributed by atoms with Gasteiger partial charge in [-0.25, -0.2) is 4.79 Å². The molecule has 0 saturated heterocycles. The molecule has 2 N–H and O–H groups in total. The molecule has 5 rings (SSSR count). The lowest BCUT2D eigenvalue weighted by molar-refractivity contribution is -0.150. The van der Waals surface area contributed by atoms with E-state index in [0.717, 1.165) is 17.7 Å². The third-order valence-corrected chi connectivity index (χ3v) is 9.28. The molecule has 0 fully saturated rings. The number of rotatable bonds is 10. The maximum absolute atomic E-state index is 13.1. The molecule has 11 heteroatoms.